The van der Waals surface area contributed by atoms with E-state index < -0.39 is 30.0 Å². The standard InChI is InChI=1S/C18H26O7/c1-10(2)15-7-6-11(3)8-18(15)22-9-14(16(21)25-18)17(23-12(4)19)24-13(5)20/h9-11,15,17H,6-8H2,1-5H3/t11-,15+,18+/m1/s1. The molecule has 7 nitrogen and oxygen atoms in total. The van der Waals surface area contributed by atoms with Gasteiger partial charge in [-0.2, -0.15) is 0 Å². The molecule has 1 spiro atoms. The van der Waals surface area contributed by atoms with Crippen molar-refractivity contribution in [3.63, 3.8) is 0 Å². The highest BCUT2D eigenvalue weighted by Crippen LogP contribution is 2.46. The Kier molecular flexibility index (Phi) is 5.75. The van der Waals surface area contributed by atoms with E-state index in [0.717, 1.165) is 26.7 Å². The zero-order valence-corrected chi connectivity index (χ0v) is 15.4. The molecule has 0 bridgehead atoms. The molecule has 0 unspecified atom stereocenters. The van der Waals surface area contributed by atoms with Gasteiger partial charge in [0.1, 0.15) is 6.26 Å². The van der Waals surface area contributed by atoms with E-state index in [0.29, 0.717) is 12.3 Å². The van der Waals surface area contributed by atoms with Gasteiger partial charge in [-0.15, -0.1) is 0 Å². The lowest BCUT2D eigenvalue weighted by molar-refractivity contribution is -0.266. The molecule has 1 saturated carbocycles. The molecule has 0 aromatic carbocycles. The van der Waals surface area contributed by atoms with Crippen LogP contribution in [0.25, 0.3) is 0 Å². The van der Waals surface area contributed by atoms with Gasteiger partial charge in [-0.3, -0.25) is 9.59 Å². The summed E-state index contributed by atoms with van der Waals surface area (Å²) in [6, 6.07) is 0. The molecule has 0 radical (unpaired) electrons. The van der Waals surface area contributed by atoms with E-state index in [4.69, 9.17) is 18.9 Å². The molecule has 0 amide bonds. The number of rotatable bonds is 4. The van der Waals surface area contributed by atoms with Crippen molar-refractivity contribution in [1.82, 2.24) is 0 Å². The third-order valence-corrected chi connectivity index (χ3v) is 4.66. The summed E-state index contributed by atoms with van der Waals surface area (Å²) in [5.41, 5.74) is -0.142. The Hall–Kier alpha value is -2.05. The van der Waals surface area contributed by atoms with Crippen LogP contribution in [0.5, 0.6) is 0 Å². The first-order chi connectivity index (χ1) is 11.6. The number of carbonyl (C=O) groups excluding carboxylic acids is 3. The van der Waals surface area contributed by atoms with E-state index >= 15 is 0 Å². The van der Waals surface area contributed by atoms with Crippen LogP contribution in [0.2, 0.25) is 0 Å². The first-order valence-electron chi connectivity index (χ1n) is 8.60. The summed E-state index contributed by atoms with van der Waals surface area (Å²) in [5.74, 6) is -2.41. The minimum absolute atomic E-state index is 0.0614. The Labute approximate surface area is 147 Å². The smallest absolute Gasteiger partial charge is 0.348 e. The molecule has 0 N–H and O–H groups in total. The Bertz CT molecular complexity index is 564. The summed E-state index contributed by atoms with van der Waals surface area (Å²) < 4.78 is 21.4. The highest BCUT2D eigenvalue weighted by atomic mass is 16.7. The lowest BCUT2D eigenvalue weighted by Crippen LogP contribution is -2.53. The Morgan fingerprint density at radius 1 is 1.20 bits per heavy atom. The van der Waals surface area contributed by atoms with Crippen LogP contribution < -0.4 is 0 Å². The van der Waals surface area contributed by atoms with Gasteiger partial charge in [-0.1, -0.05) is 20.8 Å². The van der Waals surface area contributed by atoms with Crippen molar-refractivity contribution in [3.05, 3.63) is 11.8 Å². The van der Waals surface area contributed by atoms with E-state index in [1.54, 1.807) is 0 Å². The molecule has 0 saturated heterocycles. The molecular weight excluding hydrogens is 328 g/mol. The van der Waals surface area contributed by atoms with E-state index in [9.17, 15) is 14.4 Å². The highest BCUT2D eigenvalue weighted by Gasteiger charge is 2.52. The largest absolute Gasteiger partial charge is 0.459 e. The number of carbonyl (C=O) groups is 3. The topological polar surface area (TPSA) is 88.1 Å². The lowest BCUT2D eigenvalue weighted by Gasteiger charge is -2.47. The summed E-state index contributed by atoms with van der Waals surface area (Å²) in [7, 11) is 0. The fourth-order valence-electron chi connectivity index (χ4n) is 3.57. The lowest BCUT2D eigenvalue weighted by atomic mass is 9.72. The van der Waals surface area contributed by atoms with Gasteiger partial charge in [0.2, 0.25) is 0 Å². The van der Waals surface area contributed by atoms with E-state index in [-0.39, 0.29) is 17.4 Å². The van der Waals surface area contributed by atoms with Crippen LogP contribution in [0.4, 0.5) is 0 Å². The fraction of sp³-hybridized carbons (Fsp3) is 0.722. The summed E-state index contributed by atoms with van der Waals surface area (Å²) in [6.45, 7) is 8.55. The fourth-order valence-corrected chi connectivity index (χ4v) is 3.57. The zero-order valence-electron chi connectivity index (χ0n) is 15.4. The number of ether oxygens (including phenoxy) is 4. The van der Waals surface area contributed by atoms with Crippen LogP contribution in [-0.4, -0.2) is 30.0 Å². The normalized spacial score (nSPS) is 29.1. The Balaban J connectivity index is 2.28. The average molecular weight is 354 g/mol. The van der Waals surface area contributed by atoms with Crippen LogP contribution in [0.1, 0.15) is 53.9 Å². The molecule has 2 rings (SSSR count). The first kappa shape index (κ1) is 19.3. The van der Waals surface area contributed by atoms with Crippen molar-refractivity contribution in [2.75, 3.05) is 0 Å². The van der Waals surface area contributed by atoms with Gasteiger partial charge in [-0.25, -0.2) is 4.79 Å². The zero-order chi connectivity index (χ0) is 18.8. The predicted octanol–water partition coefficient (Wildman–Crippen LogP) is 2.68. The van der Waals surface area contributed by atoms with Gasteiger partial charge in [0, 0.05) is 26.2 Å². The van der Waals surface area contributed by atoms with Crippen molar-refractivity contribution in [1.29, 1.82) is 0 Å². The van der Waals surface area contributed by atoms with Gasteiger partial charge in [0.05, 0.1) is 0 Å². The molecule has 1 fully saturated rings. The maximum absolute atomic E-state index is 12.6. The van der Waals surface area contributed by atoms with Crippen LogP contribution in [0.15, 0.2) is 11.8 Å². The second kappa shape index (κ2) is 7.45. The average Bonchev–Trinajstić information content (AvgIpc) is 2.45. The Morgan fingerprint density at radius 2 is 1.80 bits per heavy atom. The van der Waals surface area contributed by atoms with Crippen molar-refractivity contribution < 1.29 is 33.3 Å². The molecule has 25 heavy (non-hydrogen) atoms. The quantitative estimate of drug-likeness (QED) is 0.566. The van der Waals surface area contributed by atoms with E-state index in [1.165, 1.54) is 6.26 Å². The van der Waals surface area contributed by atoms with Gasteiger partial charge < -0.3 is 18.9 Å². The summed E-state index contributed by atoms with van der Waals surface area (Å²) in [4.78, 5) is 35.1. The number of hydrogen-bond acceptors (Lipinski definition) is 7. The maximum Gasteiger partial charge on any atom is 0.348 e. The van der Waals surface area contributed by atoms with Crippen LogP contribution >= 0.6 is 0 Å². The second-order valence-electron chi connectivity index (χ2n) is 7.18. The van der Waals surface area contributed by atoms with Gasteiger partial charge in [0.15, 0.2) is 5.57 Å². The van der Waals surface area contributed by atoms with Crippen LogP contribution in [0.3, 0.4) is 0 Å². The third kappa shape index (κ3) is 4.32. The number of hydrogen-bond donors (Lipinski definition) is 0. The first-order valence-corrected chi connectivity index (χ1v) is 8.60. The maximum atomic E-state index is 12.6. The number of esters is 3. The van der Waals surface area contributed by atoms with Crippen molar-refractivity contribution in [2.45, 2.75) is 66.0 Å². The monoisotopic (exact) mass is 354 g/mol. The second-order valence-corrected chi connectivity index (χ2v) is 7.18. The van der Waals surface area contributed by atoms with Gasteiger partial charge in [0.25, 0.3) is 12.1 Å². The minimum atomic E-state index is -1.47. The summed E-state index contributed by atoms with van der Waals surface area (Å²) >= 11 is 0. The van der Waals surface area contributed by atoms with Gasteiger partial charge >= 0.3 is 17.9 Å². The summed E-state index contributed by atoms with van der Waals surface area (Å²) in [5, 5.41) is 0. The molecule has 7 heteroatoms. The molecule has 0 aromatic heterocycles. The molecule has 140 valence electrons. The van der Waals surface area contributed by atoms with E-state index in [1.807, 2.05) is 0 Å². The van der Waals surface area contributed by atoms with Gasteiger partial charge in [-0.05, 0) is 24.7 Å². The molecule has 1 aliphatic carbocycles. The van der Waals surface area contributed by atoms with Crippen molar-refractivity contribution in [3.8, 4) is 0 Å². The SMILES string of the molecule is CC(=O)OC(OC(C)=O)C1=CO[C@@]2(C[C@H](C)CC[C@H]2C(C)C)OC1=O. The molecule has 3 atom stereocenters. The van der Waals surface area contributed by atoms with Crippen LogP contribution in [-0.2, 0) is 33.3 Å². The molecular formula is C18H26O7. The summed E-state index contributed by atoms with van der Waals surface area (Å²) in [6.07, 6.45) is 2.28. The highest BCUT2D eigenvalue weighted by molar-refractivity contribution is 5.90. The Morgan fingerprint density at radius 3 is 2.28 bits per heavy atom. The van der Waals surface area contributed by atoms with E-state index in [2.05, 4.69) is 20.8 Å². The van der Waals surface area contributed by atoms with Crippen molar-refractivity contribution >= 4 is 17.9 Å². The molecule has 2 aliphatic rings. The van der Waals surface area contributed by atoms with Crippen molar-refractivity contribution in [2.24, 2.45) is 17.8 Å². The molecule has 0 aromatic rings. The third-order valence-electron chi connectivity index (χ3n) is 4.66. The predicted molar refractivity (Wildman–Crippen MR) is 86.7 cm³/mol. The van der Waals surface area contributed by atoms with Crippen LogP contribution in [0, 0.1) is 17.8 Å². The minimum Gasteiger partial charge on any atom is -0.459 e. The molecule has 1 heterocycles. The molecule has 1 aliphatic heterocycles.